The van der Waals surface area contributed by atoms with Crippen molar-refractivity contribution in [3.8, 4) is 17.1 Å². The summed E-state index contributed by atoms with van der Waals surface area (Å²) in [7, 11) is 3.18. The first-order valence-corrected chi connectivity index (χ1v) is 8.70. The van der Waals surface area contributed by atoms with Crippen molar-refractivity contribution in [3.05, 3.63) is 48.3 Å². The van der Waals surface area contributed by atoms with E-state index in [4.69, 9.17) is 8.85 Å². The van der Waals surface area contributed by atoms with Crippen LogP contribution >= 0.6 is 0 Å². The minimum Gasteiger partial charge on any atom is -0.494 e. The fourth-order valence-electron chi connectivity index (χ4n) is 2.61. The molecule has 3 N–H and O–H groups in total. The third-order valence-electron chi connectivity index (χ3n) is 3.95. The van der Waals surface area contributed by atoms with E-state index in [2.05, 4.69) is 30.9 Å². The van der Waals surface area contributed by atoms with Crippen molar-refractivity contribution in [1.29, 1.82) is 0 Å². The Morgan fingerprint density at radius 2 is 2.17 bits per heavy atom. The maximum Gasteiger partial charge on any atom is 0.273 e. The molecule has 2 heterocycles. The zero-order valence-corrected chi connectivity index (χ0v) is 16.4. The third-order valence-corrected chi connectivity index (χ3v) is 3.95. The Bertz CT molecular complexity index is 1200. The van der Waals surface area contributed by atoms with Crippen LogP contribution in [0.3, 0.4) is 0 Å². The van der Waals surface area contributed by atoms with E-state index in [0.717, 1.165) is 0 Å². The highest BCUT2D eigenvalue weighted by atomic mass is 19.1. The lowest BCUT2D eigenvalue weighted by Crippen LogP contribution is -2.21. The van der Waals surface area contributed by atoms with Gasteiger partial charge in [-0.05, 0) is 25.1 Å². The maximum absolute atomic E-state index is 13.7. The highest BCUT2D eigenvalue weighted by molar-refractivity contribution is 5.98. The van der Waals surface area contributed by atoms with Crippen LogP contribution in [0.1, 0.15) is 21.5 Å². The molecule has 1 amide bonds. The minimum atomic E-state index is -2.74. The number of methoxy groups -OCH3 is 1. The number of hydrogen-bond donors (Lipinski definition) is 3. The van der Waals surface area contributed by atoms with Gasteiger partial charge in [0.25, 0.3) is 5.91 Å². The van der Waals surface area contributed by atoms with Crippen LogP contribution in [-0.4, -0.2) is 45.0 Å². The lowest BCUT2D eigenvalue weighted by Gasteiger charge is -2.16. The fraction of sp³-hybridized carbons (Fsp3) is 0.211. The molecule has 0 aliphatic heterocycles. The van der Waals surface area contributed by atoms with Crippen LogP contribution in [0.25, 0.3) is 11.4 Å². The molecule has 156 valence electrons. The molecule has 3 rings (SSSR count). The van der Waals surface area contributed by atoms with Crippen LogP contribution < -0.4 is 20.7 Å². The van der Waals surface area contributed by atoms with Gasteiger partial charge in [-0.1, -0.05) is 6.07 Å². The highest BCUT2D eigenvalue weighted by Crippen LogP contribution is 2.37. The van der Waals surface area contributed by atoms with Gasteiger partial charge in [0.1, 0.15) is 6.33 Å². The molecule has 0 radical (unpaired) electrons. The molecule has 0 aliphatic carbocycles. The van der Waals surface area contributed by atoms with Crippen LogP contribution in [0, 0.1) is 0 Å². The first kappa shape index (κ1) is 16.9. The summed E-state index contributed by atoms with van der Waals surface area (Å²) in [6.45, 7) is -1.26. The molecule has 3 aromatic rings. The molecule has 0 unspecified atom stereocenters. The number of carbonyl (C=O) groups excluding carboxylic acids is 1. The number of nitrogens with zero attached hydrogens (tertiary/aromatic N) is 5. The van der Waals surface area contributed by atoms with Crippen molar-refractivity contribution in [3.63, 3.8) is 0 Å². The number of aryl methyl sites for hydroxylation is 1. The van der Waals surface area contributed by atoms with E-state index in [1.54, 1.807) is 25.2 Å². The smallest absolute Gasteiger partial charge is 0.273 e. The predicted octanol–water partition coefficient (Wildman–Crippen LogP) is 2.63. The van der Waals surface area contributed by atoms with Gasteiger partial charge < -0.3 is 20.7 Å². The van der Waals surface area contributed by atoms with Crippen molar-refractivity contribution in [2.45, 2.75) is 6.92 Å². The molecule has 0 aliphatic rings. The molecule has 1 aromatic carbocycles. The lowest BCUT2D eigenvalue weighted by atomic mass is 10.1. The molecule has 0 bridgehead atoms. The minimum absolute atomic E-state index is 0.0138. The van der Waals surface area contributed by atoms with Gasteiger partial charge in [0, 0.05) is 24.2 Å². The van der Waals surface area contributed by atoms with E-state index < -0.39 is 18.8 Å². The standard InChI is InChI=1S/C19H21FN8O2/c1-5-14(20)24-15-9-13(16(26-25-15)19(29)21-2)23-12-8-6-7-11(17(12)30-4)18-22-10-28(3)27-18/h5-10H,1-4H3,(H,21,29)(H2,23,24,25)/b14-5+/i2D3. The second-order valence-electron chi connectivity index (χ2n) is 5.96. The van der Waals surface area contributed by atoms with Gasteiger partial charge in [-0.2, -0.15) is 9.49 Å². The van der Waals surface area contributed by atoms with Crippen LogP contribution in [0.2, 0.25) is 0 Å². The Balaban J connectivity index is 2.07. The molecule has 30 heavy (non-hydrogen) atoms. The Labute approximate surface area is 176 Å². The molecule has 2 aromatic heterocycles. The highest BCUT2D eigenvalue weighted by Gasteiger charge is 2.19. The summed E-state index contributed by atoms with van der Waals surface area (Å²) in [6.07, 6.45) is 2.71. The Morgan fingerprint density at radius 1 is 1.33 bits per heavy atom. The second kappa shape index (κ2) is 8.99. The molecular formula is C19H21FN8O2. The van der Waals surface area contributed by atoms with Crippen molar-refractivity contribution < 1.29 is 18.0 Å². The molecule has 0 saturated heterocycles. The SMILES string of the molecule is [2H]C([2H])([2H])NC(=O)c1nnc(N/C(F)=C/C)cc1Nc1cccc(-c2ncn(C)n2)c1OC. The zero-order valence-electron chi connectivity index (χ0n) is 19.4. The molecule has 0 atom stereocenters. The van der Waals surface area contributed by atoms with E-state index in [-0.39, 0.29) is 17.2 Å². The van der Waals surface area contributed by atoms with Crippen LogP contribution in [0.15, 0.2) is 42.6 Å². The summed E-state index contributed by atoms with van der Waals surface area (Å²) in [5, 5.41) is 19.0. The summed E-state index contributed by atoms with van der Waals surface area (Å²) in [5.74, 6) is -0.930. The average molecular weight is 415 g/mol. The third kappa shape index (κ3) is 4.35. The number of amides is 1. The van der Waals surface area contributed by atoms with Gasteiger partial charge in [-0.3, -0.25) is 9.48 Å². The summed E-state index contributed by atoms with van der Waals surface area (Å²) in [5.41, 5.74) is 0.705. The number of hydrogen-bond acceptors (Lipinski definition) is 8. The topological polar surface area (TPSA) is 119 Å². The number of nitrogens with one attached hydrogen (secondary N) is 3. The van der Waals surface area contributed by atoms with E-state index >= 15 is 0 Å². The second-order valence-corrected chi connectivity index (χ2v) is 5.96. The quantitative estimate of drug-likeness (QED) is 0.504. The molecule has 0 saturated carbocycles. The monoisotopic (exact) mass is 415 g/mol. The number of aromatic nitrogens is 5. The number of ether oxygens (including phenoxy) is 1. The Morgan fingerprint density at radius 3 is 2.83 bits per heavy atom. The van der Waals surface area contributed by atoms with Gasteiger partial charge >= 0.3 is 0 Å². The number of carbonyl (C=O) groups is 1. The van der Waals surface area contributed by atoms with Crippen LogP contribution in [-0.2, 0) is 7.05 Å². The van der Waals surface area contributed by atoms with Crippen molar-refractivity contribution >= 4 is 23.1 Å². The fourth-order valence-corrected chi connectivity index (χ4v) is 2.61. The number of anilines is 3. The van der Waals surface area contributed by atoms with Gasteiger partial charge in [0.05, 0.1) is 24.0 Å². The largest absolute Gasteiger partial charge is 0.494 e. The molecule has 0 spiro atoms. The summed E-state index contributed by atoms with van der Waals surface area (Å²) in [6, 6.07) is 6.44. The first-order valence-electron chi connectivity index (χ1n) is 10.2. The summed E-state index contributed by atoms with van der Waals surface area (Å²) >= 11 is 0. The van der Waals surface area contributed by atoms with Gasteiger partial charge in [0.2, 0.25) is 0 Å². The van der Waals surface area contributed by atoms with E-state index in [1.807, 2.05) is 5.32 Å². The van der Waals surface area contributed by atoms with Gasteiger partial charge in [-0.15, -0.1) is 10.2 Å². The molecule has 10 nitrogen and oxygen atoms in total. The normalized spacial score (nSPS) is 13.1. The van der Waals surface area contributed by atoms with Crippen molar-refractivity contribution in [1.82, 2.24) is 30.3 Å². The predicted molar refractivity (Wildman–Crippen MR) is 110 cm³/mol. The number of benzene rings is 1. The van der Waals surface area contributed by atoms with Crippen molar-refractivity contribution in [2.24, 2.45) is 7.05 Å². The van der Waals surface area contributed by atoms with Crippen LogP contribution in [0.4, 0.5) is 21.6 Å². The molecular weight excluding hydrogens is 391 g/mol. The average Bonchev–Trinajstić information content (AvgIpc) is 3.18. The lowest BCUT2D eigenvalue weighted by molar-refractivity contribution is 0.0958. The zero-order chi connectivity index (χ0) is 24.2. The first-order chi connectivity index (χ1) is 15.6. The van der Waals surface area contributed by atoms with Crippen LogP contribution in [0.5, 0.6) is 5.75 Å². The van der Waals surface area contributed by atoms with Gasteiger partial charge in [-0.25, -0.2) is 4.98 Å². The molecule has 0 fully saturated rings. The number of allylic oxidation sites excluding steroid dienone is 1. The van der Waals surface area contributed by atoms with E-state index in [9.17, 15) is 9.18 Å². The number of rotatable bonds is 7. The number of halogens is 1. The Hall–Kier alpha value is -4.02. The maximum atomic E-state index is 13.7. The van der Waals surface area contributed by atoms with Crippen molar-refractivity contribution in [2.75, 3.05) is 24.7 Å². The van der Waals surface area contributed by atoms with E-state index in [1.165, 1.54) is 37.2 Å². The summed E-state index contributed by atoms with van der Waals surface area (Å²) in [4.78, 5) is 16.8. The molecule has 11 heteroatoms. The summed E-state index contributed by atoms with van der Waals surface area (Å²) < 4.78 is 42.6. The van der Waals surface area contributed by atoms with Gasteiger partial charge in [0.15, 0.2) is 29.0 Å². The number of para-hydroxylation sites is 1. The van der Waals surface area contributed by atoms with E-state index in [0.29, 0.717) is 22.8 Å². The Kier molecular flexibility index (Phi) is 5.06.